The Morgan fingerprint density at radius 1 is 1.08 bits per heavy atom. The van der Waals surface area contributed by atoms with Gasteiger partial charge in [-0.15, -0.1) is 0 Å². The molecule has 24 heavy (non-hydrogen) atoms. The highest BCUT2D eigenvalue weighted by molar-refractivity contribution is 5.90. The lowest BCUT2D eigenvalue weighted by Gasteiger charge is -2.14. The minimum atomic E-state index is 0.260. The second kappa shape index (κ2) is 6.80. The summed E-state index contributed by atoms with van der Waals surface area (Å²) < 4.78 is 5.68. The van der Waals surface area contributed by atoms with E-state index in [0.29, 0.717) is 5.95 Å². The van der Waals surface area contributed by atoms with Gasteiger partial charge in [-0.1, -0.05) is 12.1 Å². The lowest BCUT2D eigenvalue weighted by Crippen LogP contribution is -2.19. The molecule has 6 heteroatoms. The molecule has 1 aliphatic rings. The molecule has 1 aromatic carbocycles. The molecule has 3 aromatic rings. The van der Waals surface area contributed by atoms with Crippen molar-refractivity contribution in [1.82, 2.24) is 15.0 Å². The van der Waals surface area contributed by atoms with Crippen molar-refractivity contribution in [1.29, 1.82) is 0 Å². The maximum Gasteiger partial charge on any atom is 0.229 e. The van der Waals surface area contributed by atoms with E-state index in [2.05, 4.69) is 25.6 Å². The SMILES string of the molecule is c1ccc2c(NCC3CCCO3)nc(Nc3ccncc3)nc2c1. The Labute approximate surface area is 140 Å². The number of benzene rings is 1. The van der Waals surface area contributed by atoms with Gasteiger partial charge in [-0.05, 0) is 37.1 Å². The van der Waals surface area contributed by atoms with E-state index < -0.39 is 0 Å². The molecule has 0 bridgehead atoms. The average molecular weight is 321 g/mol. The summed E-state index contributed by atoms with van der Waals surface area (Å²) in [7, 11) is 0. The first-order valence-corrected chi connectivity index (χ1v) is 8.18. The van der Waals surface area contributed by atoms with Crippen molar-refractivity contribution in [2.24, 2.45) is 0 Å². The van der Waals surface area contributed by atoms with E-state index in [9.17, 15) is 0 Å². The van der Waals surface area contributed by atoms with Gasteiger partial charge in [0.2, 0.25) is 5.95 Å². The van der Waals surface area contributed by atoms with E-state index in [0.717, 1.165) is 48.4 Å². The van der Waals surface area contributed by atoms with Crippen molar-refractivity contribution >= 4 is 28.4 Å². The maximum absolute atomic E-state index is 5.68. The molecule has 122 valence electrons. The predicted octanol–water partition coefficient (Wildman–Crippen LogP) is 3.36. The molecular formula is C18H19N5O. The molecule has 1 saturated heterocycles. The highest BCUT2D eigenvalue weighted by atomic mass is 16.5. The molecule has 0 saturated carbocycles. The minimum absolute atomic E-state index is 0.260. The van der Waals surface area contributed by atoms with E-state index in [-0.39, 0.29) is 6.10 Å². The van der Waals surface area contributed by atoms with Gasteiger partial charge in [0, 0.05) is 36.6 Å². The van der Waals surface area contributed by atoms with Crippen LogP contribution >= 0.6 is 0 Å². The summed E-state index contributed by atoms with van der Waals surface area (Å²) in [5.74, 6) is 1.39. The Bertz CT molecular complexity index is 818. The molecule has 2 N–H and O–H groups in total. The van der Waals surface area contributed by atoms with Gasteiger partial charge >= 0.3 is 0 Å². The molecule has 1 fully saturated rings. The lowest BCUT2D eigenvalue weighted by molar-refractivity contribution is 0.120. The molecule has 0 aliphatic carbocycles. The van der Waals surface area contributed by atoms with Crippen molar-refractivity contribution in [3.8, 4) is 0 Å². The molecule has 1 atom stereocenters. The number of anilines is 3. The van der Waals surface area contributed by atoms with Crippen LogP contribution in [-0.4, -0.2) is 34.2 Å². The van der Waals surface area contributed by atoms with Crippen molar-refractivity contribution < 1.29 is 4.74 Å². The topological polar surface area (TPSA) is 72.0 Å². The van der Waals surface area contributed by atoms with Crippen LogP contribution in [0, 0.1) is 0 Å². The number of aromatic nitrogens is 3. The second-order valence-corrected chi connectivity index (χ2v) is 5.79. The fourth-order valence-corrected chi connectivity index (χ4v) is 2.85. The summed E-state index contributed by atoms with van der Waals surface area (Å²) in [6.07, 6.45) is 5.96. The summed E-state index contributed by atoms with van der Waals surface area (Å²) >= 11 is 0. The van der Waals surface area contributed by atoms with Crippen LogP contribution < -0.4 is 10.6 Å². The van der Waals surface area contributed by atoms with Gasteiger partial charge in [0.25, 0.3) is 0 Å². The first-order valence-electron chi connectivity index (χ1n) is 8.18. The first-order chi connectivity index (χ1) is 11.9. The van der Waals surface area contributed by atoms with Crippen LogP contribution in [-0.2, 0) is 4.74 Å². The van der Waals surface area contributed by atoms with Crippen LogP contribution in [0.25, 0.3) is 10.9 Å². The minimum Gasteiger partial charge on any atom is -0.376 e. The summed E-state index contributed by atoms with van der Waals surface area (Å²) in [5, 5.41) is 7.67. The summed E-state index contributed by atoms with van der Waals surface area (Å²) in [6, 6.07) is 11.8. The third-order valence-electron chi connectivity index (χ3n) is 4.06. The van der Waals surface area contributed by atoms with Gasteiger partial charge in [0.1, 0.15) is 5.82 Å². The van der Waals surface area contributed by atoms with Gasteiger partial charge in [0.15, 0.2) is 0 Å². The third-order valence-corrected chi connectivity index (χ3v) is 4.06. The van der Waals surface area contributed by atoms with Crippen LogP contribution in [0.2, 0.25) is 0 Å². The van der Waals surface area contributed by atoms with Crippen LogP contribution in [0.5, 0.6) is 0 Å². The number of para-hydroxylation sites is 1. The van der Waals surface area contributed by atoms with Gasteiger partial charge < -0.3 is 15.4 Å². The Hall–Kier alpha value is -2.73. The Kier molecular flexibility index (Phi) is 4.20. The molecule has 0 spiro atoms. The fourth-order valence-electron chi connectivity index (χ4n) is 2.85. The Balaban J connectivity index is 1.62. The van der Waals surface area contributed by atoms with Gasteiger partial charge in [-0.2, -0.15) is 4.98 Å². The number of hydrogen-bond acceptors (Lipinski definition) is 6. The van der Waals surface area contributed by atoms with E-state index in [4.69, 9.17) is 4.74 Å². The summed E-state index contributed by atoms with van der Waals surface area (Å²) in [5.41, 5.74) is 1.81. The number of rotatable bonds is 5. The number of ether oxygens (including phenoxy) is 1. The van der Waals surface area contributed by atoms with Crippen molar-refractivity contribution in [2.75, 3.05) is 23.8 Å². The maximum atomic E-state index is 5.68. The van der Waals surface area contributed by atoms with Gasteiger partial charge in [0.05, 0.1) is 11.6 Å². The second-order valence-electron chi connectivity index (χ2n) is 5.79. The first kappa shape index (κ1) is 14.8. The van der Waals surface area contributed by atoms with E-state index >= 15 is 0 Å². The van der Waals surface area contributed by atoms with Gasteiger partial charge in [-0.25, -0.2) is 4.98 Å². The van der Waals surface area contributed by atoms with E-state index in [1.54, 1.807) is 12.4 Å². The molecular weight excluding hydrogens is 302 g/mol. The zero-order valence-electron chi connectivity index (χ0n) is 13.3. The standard InChI is InChI=1S/C18H19N5O/c1-2-6-16-15(5-1)17(20-12-14-4-3-11-24-14)23-18(22-16)21-13-7-9-19-10-8-13/h1-2,5-10,14H,3-4,11-12H2,(H2,19,20,21,22,23). The molecule has 2 aromatic heterocycles. The average Bonchev–Trinajstić information content (AvgIpc) is 3.14. The molecule has 0 amide bonds. The number of hydrogen-bond donors (Lipinski definition) is 2. The smallest absolute Gasteiger partial charge is 0.229 e. The zero-order valence-corrected chi connectivity index (χ0v) is 13.3. The summed E-state index contributed by atoms with van der Waals surface area (Å²) in [6.45, 7) is 1.61. The number of fused-ring (bicyclic) bond motifs is 1. The molecule has 1 aliphatic heterocycles. The van der Waals surface area contributed by atoms with Crippen molar-refractivity contribution in [2.45, 2.75) is 18.9 Å². The fraction of sp³-hybridized carbons (Fsp3) is 0.278. The monoisotopic (exact) mass is 321 g/mol. The highest BCUT2D eigenvalue weighted by Crippen LogP contribution is 2.24. The Morgan fingerprint density at radius 3 is 2.79 bits per heavy atom. The quantitative estimate of drug-likeness (QED) is 0.751. The van der Waals surface area contributed by atoms with Crippen LogP contribution in [0.15, 0.2) is 48.8 Å². The Morgan fingerprint density at radius 2 is 1.96 bits per heavy atom. The largest absolute Gasteiger partial charge is 0.376 e. The van der Waals surface area contributed by atoms with Crippen LogP contribution in [0.1, 0.15) is 12.8 Å². The zero-order chi connectivity index (χ0) is 16.2. The molecule has 6 nitrogen and oxygen atoms in total. The number of nitrogens with zero attached hydrogens (tertiary/aromatic N) is 3. The molecule has 1 unspecified atom stereocenters. The number of nitrogens with one attached hydrogen (secondary N) is 2. The van der Waals surface area contributed by atoms with Crippen LogP contribution in [0.4, 0.5) is 17.5 Å². The molecule has 3 heterocycles. The highest BCUT2D eigenvalue weighted by Gasteiger charge is 2.16. The number of pyridine rings is 1. The normalized spacial score (nSPS) is 17.1. The van der Waals surface area contributed by atoms with E-state index in [1.165, 1.54) is 0 Å². The van der Waals surface area contributed by atoms with E-state index in [1.807, 2.05) is 36.4 Å². The predicted molar refractivity (Wildman–Crippen MR) is 94.5 cm³/mol. The van der Waals surface area contributed by atoms with Crippen LogP contribution in [0.3, 0.4) is 0 Å². The molecule has 4 rings (SSSR count). The lowest BCUT2D eigenvalue weighted by atomic mass is 10.2. The molecule has 0 radical (unpaired) electrons. The van der Waals surface area contributed by atoms with Crippen molar-refractivity contribution in [3.63, 3.8) is 0 Å². The van der Waals surface area contributed by atoms with Gasteiger partial charge in [-0.3, -0.25) is 4.98 Å². The van der Waals surface area contributed by atoms with Crippen molar-refractivity contribution in [3.05, 3.63) is 48.8 Å². The third kappa shape index (κ3) is 3.28. The summed E-state index contributed by atoms with van der Waals surface area (Å²) in [4.78, 5) is 13.3.